The second-order valence-corrected chi connectivity index (χ2v) is 7.86. The highest BCUT2D eigenvalue weighted by molar-refractivity contribution is 6.30. The van der Waals surface area contributed by atoms with Crippen molar-refractivity contribution in [3.05, 3.63) is 88.2 Å². The molecule has 2 aromatic carbocycles. The molecule has 1 atom stereocenters. The van der Waals surface area contributed by atoms with Gasteiger partial charge in [-0.2, -0.15) is 5.10 Å². The number of carbonyl (C=O) groups excluding carboxylic acids is 1. The van der Waals surface area contributed by atoms with E-state index in [0.29, 0.717) is 22.3 Å². The lowest BCUT2D eigenvalue weighted by molar-refractivity contribution is -0.274. The Morgan fingerprint density at radius 3 is 2.33 bits per heavy atom. The number of alkyl halides is 3. The number of urea groups is 1. The van der Waals surface area contributed by atoms with Crippen molar-refractivity contribution in [1.29, 1.82) is 0 Å². The molecule has 2 heterocycles. The number of nitrogens with one attached hydrogen (secondary N) is 1. The summed E-state index contributed by atoms with van der Waals surface area (Å²) in [6.07, 6.45) is -2.82. The van der Waals surface area contributed by atoms with Crippen LogP contribution in [-0.2, 0) is 0 Å². The van der Waals surface area contributed by atoms with E-state index in [1.807, 2.05) is 0 Å². The highest BCUT2D eigenvalue weighted by atomic mass is 35.5. The van der Waals surface area contributed by atoms with Crippen molar-refractivity contribution in [1.82, 2.24) is 9.99 Å². The van der Waals surface area contributed by atoms with E-state index in [4.69, 9.17) is 23.2 Å². The quantitative estimate of drug-likeness (QED) is 0.411. The third kappa shape index (κ3) is 5.74. The number of hydrazone groups is 1. The van der Waals surface area contributed by atoms with Gasteiger partial charge in [-0.05, 0) is 53.6 Å². The number of anilines is 1. The van der Waals surface area contributed by atoms with Crippen molar-refractivity contribution < 1.29 is 22.7 Å². The summed E-state index contributed by atoms with van der Waals surface area (Å²) < 4.78 is 40.9. The molecule has 0 radical (unpaired) electrons. The molecule has 0 aliphatic carbocycles. The molecular formula is C22H15Cl2F3N4O2. The molecule has 170 valence electrons. The number of halogens is 5. The van der Waals surface area contributed by atoms with Gasteiger partial charge in [0.2, 0.25) is 0 Å². The number of hydrogen-bond acceptors (Lipinski definition) is 4. The zero-order chi connectivity index (χ0) is 23.6. The van der Waals surface area contributed by atoms with Crippen LogP contribution in [0.25, 0.3) is 0 Å². The maximum absolute atomic E-state index is 13.0. The smallest absolute Gasteiger partial charge is 0.406 e. The van der Waals surface area contributed by atoms with E-state index in [-0.39, 0.29) is 5.69 Å². The number of benzene rings is 2. The molecule has 0 fully saturated rings. The Balaban J connectivity index is 1.57. The molecular weight excluding hydrogens is 480 g/mol. The van der Waals surface area contributed by atoms with Crippen molar-refractivity contribution in [2.45, 2.75) is 18.8 Å². The maximum Gasteiger partial charge on any atom is 0.573 e. The molecule has 3 aromatic rings. The van der Waals surface area contributed by atoms with Crippen molar-refractivity contribution in [3.63, 3.8) is 0 Å². The highest BCUT2D eigenvalue weighted by Gasteiger charge is 2.34. The topological polar surface area (TPSA) is 66.8 Å². The number of carbonyl (C=O) groups is 1. The van der Waals surface area contributed by atoms with Gasteiger partial charge >= 0.3 is 12.4 Å². The number of aromatic nitrogens is 1. The standard InChI is InChI=1S/C22H15Cl2F3N4O2/c23-15-4-1-13(2-5-15)18-11-19(14-3-10-20(24)28-12-14)31(30-18)21(32)29-16-6-8-17(9-7-16)33-22(25,26)27/h1-10,12,19H,11H2,(H,29,32)/t19-/m1/s1. The van der Waals surface area contributed by atoms with Gasteiger partial charge in [0.1, 0.15) is 10.9 Å². The highest BCUT2D eigenvalue weighted by Crippen LogP contribution is 2.34. The van der Waals surface area contributed by atoms with Crippen molar-refractivity contribution in [2.24, 2.45) is 5.10 Å². The van der Waals surface area contributed by atoms with Crippen molar-refractivity contribution in [2.75, 3.05) is 5.32 Å². The van der Waals surface area contributed by atoms with Crippen LogP contribution in [0, 0.1) is 0 Å². The molecule has 11 heteroatoms. The molecule has 1 aliphatic rings. The summed E-state index contributed by atoms with van der Waals surface area (Å²) in [5, 5.41) is 9.29. The van der Waals surface area contributed by atoms with Gasteiger partial charge in [-0.15, -0.1) is 13.2 Å². The monoisotopic (exact) mass is 494 g/mol. The molecule has 1 N–H and O–H groups in total. The van der Waals surface area contributed by atoms with Crippen LogP contribution in [0.15, 0.2) is 72.0 Å². The van der Waals surface area contributed by atoms with Gasteiger partial charge in [-0.1, -0.05) is 41.4 Å². The lowest BCUT2D eigenvalue weighted by Gasteiger charge is -2.22. The summed E-state index contributed by atoms with van der Waals surface area (Å²) in [7, 11) is 0. The molecule has 0 spiro atoms. The first-order valence-corrected chi connectivity index (χ1v) is 10.3. The second-order valence-electron chi connectivity index (χ2n) is 7.03. The molecule has 1 aromatic heterocycles. The van der Waals surface area contributed by atoms with Crippen molar-refractivity contribution in [3.8, 4) is 5.75 Å². The lowest BCUT2D eigenvalue weighted by Crippen LogP contribution is -2.31. The molecule has 6 nitrogen and oxygen atoms in total. The average Bonchev–Trinajstić information content (AvgIpc) is 3.21. The van der Waals surface area contributed by atoms with Crippen LogP contribution in [0.1, 0.15) is 23.6 Å². The van der Waals surface area contributed by atoms with Crippen LogP contribution in [-0.4, -0.2) is 28.1 Å². The fraction of sp³-hybridized carbons (Fsp3) is 0.136. The molecule has 0 saturated heterocycles. The van der Waals surface area contributed by atoms with E-state index >= 15 is 0 Å². The van der Waals surface area contributed by atoms with Gasteiger partial charge in [0, 0.05) is 23.3 Å². The van der Waals surface area contributed by atoms with Crippen LogP contribution in [0.5, 0.6) is 5.75 Å². The van der Waals surface area contributed by atoms with Gasteiger partial charge in [-0.3, -0.25) is 0 Å². The van der Waals surface area contributed by atoms with Gasteiger partial charge in [0.15, 0.2) is 0 Å². The predicted octanol–water partition coefficient (Wildman–Crippen LogP) is 6.67. The van der Waals surface area contributed by atoms with Crippen LogP contribution in [0.4, 0.5) is 23.7 Å². The maximum atomic E-state index is 13.0. The Hall–Kier alpha value is -3.30. The van der Waals surface area contributed by atoms with Gasteiger partial charge in [0.05, 0.1) is 11.8 Å². The average molecular weight is 495 g/mol. The summed E-state index contributed by atoms with van der Waals surface area (Å²) >= 11 is 11.9. The Kier molecular flexibility index (Phi) is 6.44. The number of nitrogens with zero attached hydrogens (tertiary/aromatic N) is 3. The largest absolute Gasteiger partial charge is 0.573 e. The number of pyridine rings is 1. The SMILES string of the molecule is O=C(Nc1ccc(OC(F)(F)F)cc1)N1N=C(c2ccc(Cl)cc2)C[C@@H]1c1ccc(Cl)nc1. The van der Waals surface area contributed by atoms with E-state index in [1.54, 1.807) is 42.6 Å². The molecule has 0 saturated carbocycles. The summed E-state index contributed by atoms with van der Waals surface area (Å²) in [6, 6.07) is 14.2. The summed E-state index contributed by atoms with van der Waals surface area (Å²) in [5.74, 6) is -0.394. The Bertz CT molecular complexity index is 1170. The predicted molar refractivity (Wildman–Crippen MR) is 119 cm³/mol. The van der Waals surface area contributed by atoms with Crippen LogP contribution in [0.2, 0.25) is 10.2 Å². The Morgan fingerprint density at radius 1 is 1.03 bits per heavy atom. The minimum atomic E-state index is -4.80. The molecule has 33 heavy (non-hydrogen) atoms. The minimum Gasteiger partial charge on any atom is -0.406 e. The fourth-order valence-corrected chi connectivity index (χ4v) is 3.52. The number of amides is 2. The molecule has 4 rings (SSSR count). The normalized spacial score (nSPS) is 15.8. The number of hydrogen-bond donors (Lipinski definition) is 1. The Labute approximate surface area is 196 Å². The number of ether oxygens (including phenoxy) is 1. The molecule has 1 aliphatic heterocycles. The number of rotatable bonds is 4. The fourth-order valence-electron chi connectivity index (χ4n) is 3.28. The minimum absolute atomic E-state index is 0.276. The van der Waals surface area contributed by atoms with E-state index in [9.17, 15) is 18.0 Å². The van der Waals surface area contributed by atoms with E-state index < -0.39 is 24.2 Å². The summed E-state index contributed by atoms with van der Waals surface area (Å²) in [4.78, 5) is 17.1. The van der Waals surface area contributed by atoms with Crippen molar-refractivity contribution >= 4 is 40.6 Å². The van der Waals surface area contributed by atoms with Gasteiger partial charge < -0.3 is 10.1 Å². The zero-order valence-electron chi connectivity index (χ0n) is 16.7. The Morgan fingerprint density at radius 2 is 1.73 bits per heavy atom. The van der Waals surface area contributed by atoms with Crippen LogP contribution < -0.4 is 10.1 Å². The van der Waals surface area contributed by atoms with Crippen LogP contribution in [0.3, 0.4) is 0 Å². The van der Waals surface area contributed by atoms with Crippen LogP contribution >= 0.6 is 23.2 Å². The molecule has 0 bridgehead atoms. The summed E-state index contributed by atoms with van der Waals surface area (Å²) in [5.41, 5.74) is 2.46. The lowest BCUT2D eigenvalue weighted by atomic mass is 10.00. The summed E-state index contributed by atoms with van der Waals surface area (Å²) in [6.45, 7) is 0. The first-order valence-electron chi connectivity index (χ1n) is 9.59. The van der Waals surface area contributed by atoms with Gasteiger partial charge in [0.25, 0.3) is 0 Å². The first kappa shape index (κ1) is 22.9. The first-order chi connectivity index (χ1) is 15.7. The second kappa shape index (κ2) is 9.29. The van der Waals surface area contributed by atoms with E-state index in [2.05, 4.69) is 20.1 Å². The van der Waals surface area contributed by atoms with E-state index in [0.717, 1.165) is 23.3 Å². The van der Waals surface area contributed by atoms with Gasteiger partial charge in [-0.25, -0.2) is 14.8 Å². The molecule has 0 unspecified atom stereocenters. The zero-order valence-corrected chi connectivity index (χ0v) is 18.2. The third-order valence-corrected chi connectivity index (χ3v) is 5.25. The molecule has 2 amide bonds. The third-order valence-electron chi connectivity index (χ3n) is 4.77. The van der Waals surface area contributed by atoms with E-state index in [1.165, 1.54) is 17.1 Å².